The summed E-state index contributed by atoms with van der Waals surface area (Å²) in [6, 6.07) is 9.01. The summed E-state index contributed by atoms with van der Waals surface area (Å²) >= 11 is 0. The van der Waals surface area contributed by atoms with Gasteiger partial charge < -0.3 is 49.6 Å². The average Bonchev–Trinajstić information content (AvgIpc) is 2.91. The van der Waals surface area contributed by atoms with Crippen LogP contribution in [0.3, 0.4) is 0 Å². The molecule has 1 aliphatic heterocycles. The number of aromatic hydroxyl groups is 1. The van der Waals surface area contributed by atoms with Crippen molar-refractivity contribution in [3.8, 4) is 23.0 Å². The van der Waals surface area contributed by atoms with Crippen LogP contribution in [0.5, 0.6) is 23.0 Å². The van der Waals surface area contributed by atoms with Crippen LogP contribution in [0.25, 0.3) is 12.2 Å². The number of aliphatic hydroxyl groups excluding tert-OH is 4. The number of aliphatic carboxylic acids is 1. The lowest BCUT2D eigenvalue weighted by Gasteiger charge is -2.38. The van der Waals surface area contributed by atoms with Crippen molar-refractivity contribution in [2.75, 3.05) is 14.2 Å². The van der Waals surface area contributed by atoms with Gasteiger partial charge in [-0.2, -0.15) is 0 Å². The molecular weight excluding hydrogens is 516 g/mol. The lowest BCUT2D eigenvalue weighted by Crippen LogP contribution is -2.61. The van der Waals surface area contributed by atoms with Gasteiger partial charge in [0.25, 0.3) is 0 Å². The van der Waals surface area contributed by atoms with E-state index in [0.29, 0.717) is 11.1 Å². The van der Waals surface area contributed by atoms with E-state index < -0.39 is 42.5 Å². The number of ether oxygens (including phenoxy) is 4. The molecule has 39 heavy (non-hydrogen) atoms. The number of benzene rings is 2. The van der Waals surface area contributed by atoms with Gasteiger partial charge in [-0.15, -0.1) is 0 Å². The second-order valence-electron chi connectivity index (χ2n) is 8.33. The van der Waals surface area contributed by atoms with E-state index in [4.69, 9.17) is 18.9 Å². The van der Waals surface area contributed by atoms with Gasteiger partial charge >= 0.3 is 5.97 Å². The summed E-state index contributed by atoms with van der Waals surface area (Å²) in [6.07, 6.45) is -2.40. The summed E-state index contributed by atoms with van der Waals surface area (Å²) in [5.41, 5.74) is 1.12. The maximum Gasteiger partial charge on any atom is 0.335 e. The summed E-state index contributed by atoms with van der Waals surface area (Å²) < 4.78 is 20.9. The van der Waals surface area contributed by atoms with E-state index in [2.05, 4.69) is 0 Å². The Bertz CT molecular complexity index is 1280. The minimum atomic E-state index is -1.86. The van der Waals surface area contributed by atoms with Gasteiger partial charge in [0.15, 0.2) is 34.9 Å². The summed E-state index contributed by atoms with van der Waals surface area (Å²) in [4.78, 5) is 23.5. The molecule has 12 nitrogen and oxygen atoms in total. The average molecular weight is 545 g/mol. The number of phenolic OH excluding ortho intramolecular Hbond substituents is 1. The first-order valence-corrected chi connectivity index (χ1v) is 11.5. The zero-order valence-corrected chi connectivity index (χ0v) is 20.9. The number of hydrogen-bond donors (Lipinski definition) is 6. The number of methoxy groups -OCH3 is 2. The minimum Gasteiger partial charge on any atom is -0.508 e. The maximum atomic E-state index is 12.2. The molecule has 6 N–H and O–H groups in total. The second-order valence-corrected chi connectivity index (χ2v) is 8.33. The van der Waals surface area contributed by atoms with Crippen LogP contribution in [-0.4, -0.2) is 87.3 Å². The highest BCUT2D eigenvalue weighted by molar-refractivity contribution is 6.02. The van der Waals surface area contributed by atoms with Crippen molar-refractivity contribution in [2.24, 2.45) is 0 Å². The number of carboxylic acids is 1. The summed E-state index contributed by atoms with van der Waals surface area (Å²) in [6.45, 7) is 0. The molecule has 1 saturated heterocycles. The molecule has 2 aromatic carbocycles. The lowest BCUT2D eigenvalue weighted by atomic mass is 9.99. The first-order valence-electron chi connectivity index (χ1n) is 11.5. The third-order valence-corrected chi connectivity index (χ3v) is 5.62. The van der Waals surface area contributed by atoms with Crippen LogP contribution < -0.4 is 14.2 Å². The van der Waals surface area contributed by atoms with E-state index in [9.17, 15) is 40.2 Å². The van der Waals surface area contributed by atoms with Crippen LogP contribution in [0.15, 0.2) is 60.4 Å². The largest absolute Gasteiger partial charge is 0.508 e. The number of rotatable bonds is 10. The predicted molar refractivity (Wildman–Crippen MR) is 136 cm³/mol. The highest BCUT2D eigenvalue weighted by Gasteiger charge is 2.48. The van der Waals surface area contributed by atoms with Gasteiger partial charge in [-0.3, -0.25) is 4.79 Å². The maximum absolute atomic E-state index is 12.2. The Hall–Kier alpha value is -4.36. The summed E-state index contributed by atoms with van der Waals surface area (Å²) in [7, 11) is 2.73. The zero-order chi connectivity index (χ0) is 28.7. The monoisotopic (exact) mass is 544 g/mol. The standard InChI is InChI=1S/C27H28O12/c1-36-20-11-14(5-9-18(20)30)3-7-16(28)13-17(29)8-4-15-6-10-19(21(12-15)37-2)38-27-24(33)22(31)23(32)25(39-27)26(34)35/h3-13,22-25,27-28,30-33H,1-2H3,(H,34,35)/b7-3+,8-4+,16-13-/t22-,23-,24+,25-,27+/m0/s1. The minimum absolute atomic E-state index is 0.0312. The molecular formula is C27H28O12. The van der Waals surface area contributed by atoms with Gasteiger partial charge in [0.05, 0.1) is 14.2 Å². The van der Waals surface area contributed by atoms with Crippen LogP contribution in [0.2, 0.25) is 0 Å². The molecule has 1 aliphatic rings. The Labute approximate surface area is 222 Å². The van der Waals surface area contributed by atoms with E-state index in [1.54, 1.807) is 12.1 Å². The lowest BCUT2D eigenvalue weighted by molar-refractivity contribution is -0.271. The molecule has 0 aromatic heterocycles. The number of carbonyl (C=O) groups is 2. The Morgan fingerprint density at radius 1 is 0.821 bits per heavy atom. The van der Waals surface area contributed by atoms with Crippen molar-refractivity contribution < 1.29 is 59.2 Å². The van der Waals surface area contributed by atoms with Crippen molar-refractivity contribution in [3.63, 3.8) is 0 Å². The molecule has 1 heterocycles. The van der Waals surface area contributed by atoms with Gasteiger partial charge in [-0.05, 0) is 47.5 Å². The molecule has 0 bridgehead atoms. The third-order valence-electron chi connectivity index (χ3n) is 5.62. The fourth-order valence-corrected chi connectivity index (χ4v) is 3.56. The quantitative estimate of drug-likeness (QED) is 0.143. The van der Waals surface area contributed by atoms with E-state index in [-0.39, 0.29) is 28.8 Å². The van der Waals surface area contributed by atoms with Crippen LogP contribution >= 0.6 is 0 Å². The molecule has 0 aliphatic carbocycles. The second kappa shape index (κ2) is 12.9. The number of carboxylic acid groups (broad SMARTS) is 1. The van der Waals surface area contributed by atoms with Crippen molar-refractivity contribution in [2.45, 2.75) is 30.7 Å². The molecule has 0 radical (unpaired) electrons. The fraction of sp³-hybridized carbons (Fsp3) is 0.259. The van der Waals surface area contributed by atoms with Crippen molar-refractivity contribution in [1.29, 1.82) is 0 Å². The Balaban J connectivity index is 1.68. The van der Waals surface area contributed by atoms with Crippen LogP contribution in [0.1, 0.15) is 11.1 Å². The van der Waals surface area contributed by atoms with Crippen LogP contribution in [0.4, 0.5) is 0 Å². The Morgan fingerprint density at radius 2 is 1.44 bits per heavy atom. The van der Waals surface area contributed by atoms with Gasteiger partial charge in [0.1, 0.15) is 24.1 Å². The molecule has 0 spiro atoms. The molecule has 0 amide bonds. The van der Waals surface area contributed by atoms with Crippen molar-refractivity contribution >= 4 is 23.9 Å². The first-order chi connectivity index (χ1) is 18.5. The number of carbonyl (C=O) groups excluding carboxylic acids is 1. The molecule has 12 heteroatoms. The smallest absolute Gasteiger partial charge is 0.335 e. The highest BCUT2D eigenvalue weighted by Crippen LogP contribution is 2.32. The molecule has 3 rings (SSSR count). The van der Waals surface area contributed by atoms with Crippen LogP contribution in [-0.2, 0) is 14.3 Å². The SMILES string of the molecule is COc1cc(/C=C/C(O)=C/C(=O)/C=C/c2ccc(O[C@@H]3O[C@H](C(=O)O)[C@@H](O)[C@H](O)[C@H]3O)c(OC)c2)ccc1O. The fourth-order valence-electron chi connectivity index (χ4n) is 3.56. The molecule has 0 saturated carbocycles. The molecule has 208 valence electrons. The number of hydrogen-bond acceptors (Lipinski definition) is 11. The van der Waals surface area contributed by atoms with Gasteiger partial charge in [-0.25, -0.2) is 4.79 Å². The zero-order valence-electron chi connectivity index (χ0n) is 20.9. The van der Waals surface area contributed by atoms with E-state index in [1.807, 2.05) is 0 Å². The van der Waals surface area contributed by atoms with Crippen LogP contribution in [0, 0.1) is 0 Å². The Kier molecular flexibility index (Phi) is 9.68. The summed E-state index contributed by atoms with van der Waals surface area (Å²) in [5, 5.41) is 58.8. The topological polar surface area (TPSA) is 192 Å². The highest BCUT2D eigenvalue weighted by atomic mass is 16.7. The Morgan fingerprint density at radius 3 is 2.08 bits per heavy atom. The molecule has 1 fully saturated rings. The number of phenols is 1. The van der Waals surface area contributed by atoms with Crippen molar-refractivity contribution in [1.82, 2.24) is 0 Å². The normalized spacial score (nSPS) is 23.6. The predicted octanol–water partition coefficient (Wildman–Crippen LogP) is 1.42. The van der Waals surface area contributed by atoms with Gasteiger partial charge in [0, 0.05) is 6.08 Å². The van der Waals surface area contributed by atoms with E-state index in [1.165, 1.54) is 62.8 Å². The molecule has 5 atom stereocenters. The van der Waals surface area contributed by atoms with E-state index >= 15 is 0 Å². The van der Waals surface area contributed by atoms with E-state index in [0.717, 1.165) is 6.08 Å². The first kappa shape index (κ1) is 29.2. The number of ketones is 1. The molecule has 2 aromatic rings. The van der Waals surface area contributed by atoms with Gasteiger partial charge in [-0.1, -0.05) is 24.3 Å². The summed E-state index contributed by atoms with van der Waals surface area (Å²) in [5.74, 6) is -1.98. The number of aliphatic hydroxyl groups is 4. The third kappa shape index (κ3) is 7.36. The number of allylic oxidation sites excluding steroid dienone is 3. The molecule has 0 unspecified atom stereocenters. The van der Waals surface area contributed by atoms with Gasteiger partial charge in [0.2, 0.25) is 6.29 Å². The van der Waals surface area contributed by atoms with Crippen molar-refractivity contribution in [3.05, 3.63) is 71.5 Å².